The predicted octanol–water partition coefficient (Wildman–Crippen LogP) is 3.99. The zero-order valence-electron chi connectivity index (χ0n) is 18.3. The van der Waals surface area contributed by atoms with E-state index in [-0.39, 0.29) is 17.3 Å². The SMILES string of the molecule is COc1cc(C=C[C@@H]2C[C@H]3CN(Cc4ccccc4C)C(=O)[C@]34CCCN24)ccc1O. The molecule has 3 aliphatic heterocycles. The lowest BCUT2D eigenvalue weighted by molar-refractivity contribution is -0.137. The molecule has 5 rings (SSSR count). The van der Waals surface area contributed by atoms with Crippen LogP contribution in [-0.2, 0) is 11.3 Å². The van der Waals surface area contributed by atoms with Gasteiger partial charge in [-0.3, -0.25) is 9.69 Å². The summed E-state index contributed by atoms with van der Waals surface area (Å²) in [6, 6.07) is 14.0. The van der Waals surface area contributed by atoms with Gasteiger partial charge in [-0.1, -0.05) is 42.5 Å². The molecular formula is C26H30N2O3. The molecule has 3 fully saturated rings. The average Bonchev–Trinajstić information content (AvgIpc) is 3.40. The Hall–Kier alpha value is -2.79. The van der Waals surface area contributed by atoms with Crippen molar-refractivity contribution in [2.45, 2.75) is 44.3 Å². The van der Waals surface area contributed by atoms with Crippen LogP contribution in [0.2, 0.25) is 0 Å². The third-order valence-corrected chi connectivity index (χ3v) is 7.51. The fourth-order valence-corrected chi connectivity index (χ4v) is 5.96. The van der Waals surface area contributed by atoms with Gasteiger partial charge in [0.2, 0.25) is 5.91 Å². The third kappa shape index (κ3) is 3.23. The van der Waals surface area contributed by atoms with Crippen LogP contribution < -0.4 is 4.74 Å². The number of amides is 1. The van der Waals surface area contributed by atoms with Crippen LogP contribution in [0, 0.1) is 12.8 Å². The van der Waals surface area contributed by atoms with Crippen molar-refractivity contribution in [2.75, 3.05) is 20.2 Å². The van der Waals surface area contributed by atoms with E-state index in [1.54, 1.807) is 13.2 Å². The number of aromatic hydroxyl groups is 1. The van der Waals surface area contributed by atoms with Crippen LogP contribution in [0.3, 0.4) is 0 Å². The molecule has 5 nitrogen and oxygen atoms in total. The van der Waals surface area contributed by atoms with Crippen molar-refractivity contribution in [1.82, 2.24) is 9.80 Å². The number of phenols is 1. The summed E-state index contributed by atoms with van der Waals surface area (Å²) in [6.07, 6.45) is 7.39. The molecule has 0 saturated carbocycles. The summed E-state index contributed by atoms with van der Waals surface area (Å²) in [5, 5.41) is 9.82. The van der Waals surface area contributed by atoms with Gasteiger partial charge in [-0.15, -0.1) is 0 Å². The van der Waals surface area contributed by atoms with E-state index in [1.165, 1.54) is 11.1 Å². The summed E-state index contributed by atoms with van der Waals surface area (Å²) < 4.78 is 5.22. The van der Waals surface area contributed by atoms with Gasteiger partial charge in [-0.25, -0.2) is 0 Å². The van der Waals surface area contributed by atoms with E-state index in [0.29, 0.717) is 24.1 Å². The second kappa shape index (κ2) is 7.72. The van der Waals surface area contributed by atoms with Crippen molar-refractivity contribution in [3.05, 3.63) is 65.2 Å². The van der Waals surface area contributed by atoms with Crippen LogP contribution in [0.5, 0.6) is 11.5 Å². The number of carbonyl (C=O) groups excluding carboxylic acids is 1. The summed E-state index contributed by atoms with van der Waals surface area (Å²) in [5.74, 6) is 1.33. The number of aryl methyl sites for hydroxylation is 1. The lowest BCUT2D eigenvalue weighted by Crippen LogP contribution is -2.50. The molecule has 3 heterocycles. The lowest BCUT2D eigenvalue weighted by Gasteiger charge is -2.32. The van der Waals surface area contributed by atoms with E-state index in [4.69, 9.17) is 4.74 Å². The summed E-state index contributed by atoms with van der Waals surface area (Å²) >= 11 is 0. The number of carbonyl (C=O) groups is 1. The zero-order valence-corrected chi connectivity index (χ0v) is 18.3. The summed E-state index contributed by atoms with van der Waals surface area (Å²) in [7, 11) is 1.56. The van der Waals surface area contributed by atoms with Crippen LogP contribution >= 0.6 is 0 Å². The quantitative estimate of drug-likeness (QED) is 0.798. The maximum atomic E-state index is 13.7. The van der Waals surface area contributed by atoms with Crippen molar-refractivity contribution in [2.24, 2.45) is 5.92 Å². The molecule has 1 spiro atoms. The zero-order chi connectivity index (χ0) is 21.6. The molecule has 5 heteroatoms. The molecule has 0 aromatic heterocycles. The van der Waals surface area contributed by atoms with Gasteiger partial charge in [-0.2, -0.15) is 0 Å². The minimum Gasteiger partial charge on any atom is -0.504 e. The summed E-state index contributed by atoms with van der Waals surface area (Å²) in [6.45, 7) is 4.66. The highest BCUT2D eigenvalue weighted by Crippen LogP contribution is 2.52. The number of hydrogen-bond donors (Lipinski definition) is 1. The van der Waals surface area contributed by atoms with Crippen LogP contribution in [0.4, 0.5) is 0 Å². The molecule has 3 aliphatic rings. The Bertz CT molecular complexity index is 1030. The van der Waals surface area contributed by atoms with Gasteiger partial charge in [0.05, 0.1) is 7.11 Å². The van der Waals surface area contributed by atoms with Crippen LogP contribution in [0.15, 0.2) is 48.5 Å². The lowest BCUT2D eigenvalue weighted by atomic mass is 9.85. The standard InChI is InChI=1S/C26H30N2O3/c1-18-6-3-4-7-20(18)16-27-17-21-15-22(28-13-5-12-26(21,28)25(27)30)10-8-19-9-11-23(29)24(14-19)31-2/h3-4,6-11,14,21-22,29H,5,12-13,15-17H2,1-2H3/t21-,22+,26-/m0/s1. The number of likely N-dealkylation sites (tertiary alicyclic amines) is 1. The van der Waals surface area contributed by atoms with Gasteiger partial charge in [0.15, 0.2) is 11.5 Å². The smallest absolute Gasteiger partial charge is 0.243 e. The first-order valence-corrected chi connectivity index (χ1v) is 11.2. The van der Waals surface area contributed by atoms with Crippen LogP contribution in [0.25, 0.3) is 6.08 Å². The van der Waals surface area contributed by atoms with Crippen molar-refractivity contribution in [3.8, 4) is 11.5 Å². The average molecular weight is 419 g/mol. The van der Waals surface area contributed by atoms with E-state index in [1.807, 2.05) is 12.1 Å². The summed E-state index contributed by atoms with van der Waals surface area (Å²) in [4.78, 5) is 18.2. The first-order valence-electron chi connectivity index (χ1n) is 11.2. The molecule has 0 bridgehead atoms. The first kappa shape index (κ1) is 20.1. The van der Waals surface area contributed by atoms with Gasteiger partial charge < -0.3 is 14.7 Å². The molecule has 3 saturated heterocycles. The van der Waals surface area contributed by atoms with Crippen molar-refractivity contribution >= 4 is 12.0 Å². The number of phenolic OH excluding ortho intramolecular Hbond substituents is 1. The van der Waals surface area contributed by atoms with Crippen LogP contribution in [0.1, 0.15) is 36.0 Å². The molecule has 2 aromatic carbocycles. The Kier molecular flexibility index (Phi) is 5.01. The maximum absolute atomic E-state index is 13.7. The van der Waals surface area contributed by atoms with Crippen molar-refractivity contribution < 1.29 is 14.6 Å². The molecule has 31 heavy (non-hydrogen) atoms. The minimum absolute atomic E-state index is 0.146. The fourth-order valence-electron chi connectivity index (χ4n) is 5.96. The normalized spacial score (nSPS) is 27.8. The highest BCUT2D eigenvalue weighted by atomic mass is 16.5. The first-order chi connectivity index (χ1) is 15.0. The molecule has 0 unspecified atom stereocenters. The largest absolute Gasteiger partial charge is 0.504 e. The number of nitrogens with zero attached hydrogens (tertiary/aromatic N) is 2. The highest BCUT2D eigenvalue weighted by molar-refractivity contribution is 5.90. The van der Waals surface area contributed by atoms with E-state index in [2.05, 4.69) is 53.1 Å². The second-order valence-corrected chi connectivity index (χ2v) is 9.12. The van der Waals surface area contributed by atoms with E-state index in [0.717, 1.165) is 37.9 Å². The topological polar surface area (TPSA) is 53.0 Å². The molecule has 1 N–H and O–H groups in total. The van der Waals surface area contributed by atoms with Crippen molar-refractivity contribution in [1.29, 1.82) is 0 Å². The van der Waals surface area contributed by atoms with Gasteiger partial charge in [0.25, 0.3) is 0 Å². The maximum Gasteiger partial charge on any atom is 0.243 e. The third-order valence-electron chi connectivity index (χ3n) is 7.51. The molecule has 3 atom stereocenters. The number of hydrogen-bond acceptors (Lipinski definition) is 4. The molecule has 162 valence electrons. The number of methoxy groups -OCH3 is 1. The highest BCUT2D eigenvalue weighted by Gasteiger charge is 2.64. The molecule has 0 aliphatic carbocycles. The van der Waals surface area contributed by atoms with E-state index in [9.17, 15) is 9.90 Å². The van der Waals surface area contributed by atoms with Crippen molar-refractivity contribution in [3.63, 3.8) is 0 Å². The predicted molar refractivity (Wildman–Crippen MR) is 121 cm³/mol. The Morgan fingerprint density at radius 3 is 2.90 bits per heavy atom. The fraction of sp³-hybridized carbons (Fsp3) is 0.423. The Labute approximate surface area is 183 Å². The Morgan fingerprint density at radius 1 is 1.26 bits per heavy atom. The van der Waals surface area contributed by atoms with E-state index < -0.39 is 0 Å². The summed E-state index contributed by atoms with van der Waals surface area (Å²) in [5.41, 5.74) is 3.17. The second-order valence-electron chi connectivity index (χ2n) is 9.12. The number of benzene rings is 2. The molecule has 1 amide bonds. The molecule has 2 aromatic rings. The molecular weight excluding hydrogens is 388 g/mol. The van der Waals surface area contributed by atoms with Crippen LogP contribution in [-0.4, -0.2) is 52.6 Å². The Balaban J connectivity index is 1.35. The van der Waals surface area contributed by atoms with Gasteiger partial charge in [0.1, 0.15) is 5.54 Å². The minimum atomic E-state index is -0.315. The monoisotopic (exact) mass is 418 g/mol. The van der Waals surface area contributed by atoms with Gasteiger partial charge in [-0.05, 0) is 61.6 Å². The number of ether oxygens (including phenoxy) is 1. The Morgan fingerprint density at radius 2 is 2.10 bits per heavy atom. The van der Waals surface area contributed by atoms with E-state index >= 15 is 0 Å². The molecule has 0 radical (unpaired) electrons. The van der Waals surface area contributed by atoms with Gasteiger partial charge >= 0.3 is 0 Å². The van der Waals surface area contributed by atoms with Gasteiger partial charge in [0, 0.05) is 25.0 Å². The number of rotatable bonds is 5.